The molecule has 8 aliphatic heterocycles. The van der Waals surface area contributed by atoms with E-state index >= 15 is 0 Å². The Morgan fingerprint density at radius 2 is 0.816 bits per heavy atom. The van der Waals surface area contributed by atoms with Crippen LogP contribution in [-0.2, 0) is 50.7 Å². The van der Waals surface area contributed by atoms with Crippen LogP contribution < -0.4 is 0 Å². The van der Waals surface area contributed by atoms with Gasteiger partial charge in [0.15, 0.2) is 23.1 Å². The van der Waals surface area contributed by atoms with E-state index in [2.05, 4.69) is 52.0 Å². The van der Waals surface area contributed by atoms with E-state index in [1.165, 1.54) is 0 Å². The Kier molecular flexibility index (Phi) is 5.45. The smallest absolute Gasteiger partial charge is 0.173 e. The van der Waals surface area contributed by atoms with Crippen LogP contribution in [0.15, 0.2) is 24.3 Å². The van der Waals surface area contributed by atoms with E-state index in [0.29, 0.717) is 38.9 Å². The zero-order valence-corrected chi connectivity index (χ0v) is 25.5. The summed E-state index contributed by atoms with van der Waals surface area (Å²) in [5.74, 6) is -2.56. The van der Waals surface area contributed by atoms with Gasteiger partial charge in [-0.1, -0.05) is 24.3 Å². The summed E-state index contributed by atoms with van der Waals surface area (Å²) in [6.07, 6.45) is 2.63. The van der Waals surface area contributed by atoms with Crippen LogP contribution in [0, 0.1) is 0 Å². The standard InChI is InChI=1S/C28H40O8P2/c1-21-15-25(5)34-22(2,31-21)16-26(6,33-21)37(25)29-13-19-11-9-10-12-20(19)14-30-38-27(7)17-23(3)32-24(4,36-27)18-28(38,8)35-23/h9-12H,13-18H2,1-8H3/t21-,22-,23-,24-,25+,26+,27+,28+/m1/s1. The normalized spacial score (nSPS) is 56.1. The van der Waals surface area contributed by atoms with Crippen molar-refractivity contribution in [3.8, 4) is 0 Å². The van der Waals surface area contributed by atoms with Gasteiger partial charge in [-0.15, -0.1) is 0 Å². The molecule has 0 spiro atoms. The van der Waals surface area contributed by atoms with Crippen LogP contribution in [0.3, 0.4) is 0 Å². The molecule has 9 rings (SSSR count). The largest absolute Gasteiger partial charge is 0.349 e. The lowest BCUT2D eigenvalue weighted by Gasteiger charge is -2.68. The van der Waals surface area contributed by atoms with Crippen molar-refractivity contribution in [2.45, 2.75) is 139 Å². The minimum atomic E-state index is -1.04. The minimum absolute atomic E-state index is 0.427. The second kappa shape index (κ2) is 7.77. The molecule has 0 aliphatic carbocycles. The third kappa shape index (κ3) is 3.94. The van der Waals surface area contributed by atoms with Gasteiger partial charge in [-0.2, -0.15) is 0 Å². The van der Waals surface area contributed by atoms with Crippen molar-refractivity contribution in [2.24, 2.45) is 0 Å². The molecule has 38 heavy (non-hydrogen) atoms. The van der Waals surface area contributed by atoms with Crippen LogP contribution in [0.5, 0.6) is 0 Å². The quantitative estimate of drug-likeness (QED) is 0.342. The molecule has 8 saturated heterocycles. The summed E-state index contributed by atoms with van der Waals surface area (Å²) >= 11 is 0. The van der Waals surface area contributed by atoms with Gasteiger partial charge in [0.2, 0.25) is 0 Å². The van der Waals surface area contributed by atoms with E-state index < -0.39 is 60.8 Å². The van der Waals surface area contributed by atoms with Crippen molar-refractivity contribution in [1.29, 1.82) is 0 Å². The lowest BCUT2D eigenvalue weighted by Crippen LogP contribution is -2.71. The molecule has 0 saturated carbocycles. The predicted molar refractivity (Wildman–Crippen MR) is 142 cm³/mol. The minimum Gasteiger partial charge on any atom is -0.349 e. The highest BCUT2D eigenvalue weighted by atomic mass is 31.1. The van der Waals surface area contributed by atoms with Gasteiger partial charge in [0.05, 0.1) is 29.5 Å². The number of ether oxygens (including phenoxy) is 6. The van der Waals surface area contributed by atoms with Crippen molar-refractivity contribution in [2.75, 3.05) is 0 Å². The molecule has 0 amide bonds. The van der Waals surface area contributed by atoms with Crippen molar-refractivity contribution < 1.29 is 37.5 Å². The van der Waals surface area contributed by atoms with E-state index in [1.807, 2.05) is 27.7 Å². The maximum Gasteiger partial charge on any atom is 0.173 e. The Hall–Kier alpha value is -0.240. The number of hydrogen-bond donors (Lipinski definition) is 0. The molecule has 8 heterocycles. The van der Waals surface area contributed by atoms with Gasteiger partial charge >= 0.3 is 0 Å². The van der Waals surface area contributed by atoms with Gasteiger partial charge in [0, 0.05) is 25.7 Å². The molecule has 8 aliphatic rings. The van der Waals surface area contributed by atoms with Crippen molar-refractivity contribution >= 4 is 16.3 Å². The van der Waals surface area contributed by atoms with E-state index in [9.17, 15) is 0 Å². The third-order valence-electron chi connectivity index (χ3n) is 8.74. The summed E-state index contributed by atoms with van der Waals surface area (Å²) in [6, 6.07) is 8.36. The van der Waals surface area contributed by atoms with Crippen LogP contribution in [0.4, 0.5) is 0 Å². The van der Waals surface area contributed by atoms with Gasteiger partial charge in [-0.3, -0.25) is 0 Å². The molecule has 8 fully saturated rings. The first-order valence-corrected chi connectivity index (χ1v) is 16.2. The molecule has 0 aromatic heterocycles. The van der Waals surface area contributed by atoms with Crippen LogP contribution in [0.2, 0.25) is 0 Å². The molecule has 10 heteroatoms. The van der Waals surface area contributed by atoms with E-state index in [-0.39, 0.29) is 0 Å². The molecular formula is C28H40O8P2. The van der Waals surface area contributed by atoms with Crippen LogP contribution in [0.1, 0.15) is 92.2 Å². The Labute approximate surface area is 228 Å². The van der Waals surface area contributed by atoms with Crippen LogP contribution in [-0.4, -0.2) is 44.5 Å². The highest BCUT2D eigenvalue weighted by Crippen LogP contribution is 2.78. The summed E-state index contributed by atoms with van der Waals surface area (Å²) in [6.45, 7) is 17.7. The fourth-order valence-corrected chi connectivity index (χ4v) is 15.2. The first-order valence-electron chi connectivity index (χ1n) is 13.6. The molecule has 8 nitrogen and oxygen atoms in total. The van der Waals surface area contributed by atoms with Gasteiger partial charge in [0.1, 0.15) is 21.4 Å². The maximum absolute atomic E-state index is 6.74. The van der Waals surface area contributed by atoms with E-state index in [1.54, 1.807) is 0 Å². The SMILES string of the molecule is C[C@]12C[C@@]3(C)O[C@](C)(C[C@@](C)(O1)P3OCc1ccccc1COP1[C@@]3(C)C[C@]4(C)O[C@@](C)(C[C@@]1(C)O4)O3)O2. The number of rotatable bonds is 6. The molecule has 0 radical (unpaired) electrons. The molecule has 0 unspecified atom stereocenters. The summed E-state index contributed by atoms with van der Waals surface area (Å²) in [5.41, 5.74) is 2.23. The second-order valence-corrected chi connectivity index (χ2v) is 18.9. The second-order valence-electron chi connectivity index (χ2n) is 13.5. The first-order chi connectivity index (χ1) is 17.5. The fraction of sp³-hybridized carbons (Fsp3) is 0.786. The van der Waals surface area contributed by atoms with Gasteiger partial charge in [-0.05, 0) is 66.5 Å². The van der Waals surface area contributed by atoms with Crippen LogP contribution in [0.25, 0.3) is 0 Å². The lowest BCUT2D eigenvalue weighted by molar-refractivity contribution is -0.471. The Balaban J connectivity index is 1.08. The molecular weight excluding hydrogens is 526 g/mol. The summed E-state index contributed by atoms with van der Waals surface area (Å²) < 4.78 is 51.9. The zero-order valence-electron chi connectivity index (χ0n) is 23.7. The monoisotopic (exact) mass is 566 g/mol. The molecule has 8 atom stereocenters. The number of hydrogen-bond acceptors (Lipinski definition) is 8. The lowest BCUT2D eigenvalue weighted by atomic mass is 9.98. The van der Waals surface area contributed by atoms with Crippen molar-refractivity contribution in [3.05, 3.63) is 35.4 Å². The Bertz CT molecular complexity index is 998. The summed E-state index contributed by atoms with van der Waals surface area (Å²) in [4.78, 5) is 0. The molecule has 0 N–H and O–H groups in total. The molecule has 1 aromatic carbocycles. The molecule has 210 valence electrons. The maximum atomic E-state index is 6.74. The van der Waals surface area contributed by atoms with Gasteiger partial charge < -0.3 is 37.5 Å². The fourth-order valence-electron chi connectivity index (χ4n) is 8.78. The van der Waals surface area contributed by atoms with Crippen LogP contribution >= 0.6 is 16.3 Å². The van der Waals surface area contributed by atoms with E-state index in [0.717, 1.165) is 11.1 Å². The van der Waals surface area contributed by atoms with Gasteiger partial charge in [0.25, 0.3) is 0 Å². The average molecular weight is 567 g/mol. The average Bonchev–Trinajstić information content (AvgIpc) is 2.67. The first kappa shape index (κ1) is 26.6. The Morgan fingerprint density at radius 3 is 1.11 bits per heavy atom. The predicted octanol–water partition coefficient (Wildman–Crippen LogP) is 6.98. The number of benzene rings is 1. The summed E-state index contributed by atoms with van der Waals surface area (Å²) in [5, 5.41) is -1.71. The highest BCUT2D eigenvalue weighted by Gasteiger charge is 2.73. The topological polar surface area (TPSA) is 73.8 Å². The molecule has 8 bridgehead atoms. The Morgan fingerprint density at radius 1 is 0.526 bits per heavy atom. The van der Waals surface area contributed by atoms with Gasteiger partial charge in [-0.25, -0.2) is 0 Å². The highest BCUT2D eigenvalue weighted by molar-refractivity contribution is 7.56. The third-order valence-corrected chi connectivity index (χ3v) is 13.9. The van der Waals surface area contributed by atoms with Crippen molar-refractivity contribution in [3.63, 3.8) is 0 Å². The zero-order chi connectivity index (χ0) is 27.0. The molecule has 1 aromatic rings. The summed E-state index contributed by atoms with van der Waals surface area (Å²) in [7, 11) is -2.08. The van der Waals surface area contributed by atoms with Crippen molar-refractivity contribution in [1.82, 2.24) is 0 Å². The van der Waals surface area contributed by atoms with E-state index in [4.69, 9.17) is 37.5 Å².